The van der Waals surface area contributed by atoms with Gasteiger partial charge in [0.15, 0.2) is 11.5 Å². The van der Waals surface area contributed by atoms with Crippen LogP contribution in [0.4, 0.5) is 4.39 Å². The van der Waals surface area contributed by atoms with Crippen molar-refractivity contribution in [3.05, 3.63) is 64.5 Å². The Hall–Kier alpha value is -3.39. The lowest BCUT2D eigenvalue weighted by molar-refractivity contribution is -0.140. The first-order valence-electron chi connectivity index (χ1n) is 9.72. The van der Waals surface area contributed by atoms with Crippen LogP contribution in [0.3, 0.4) is 0 Å². The maximum Gasteiger partial charge on any atom is 0.295 e. The fraction of sp³-hybridized carbons (Fsp3) is 0.304. The van der Waals surface area contributed by atoms with Crippen LogP contribution < -0.4 is 4.74 Å². The van der Waals surface area contributed by atoms with Crippen LogP contribution >= 0.6 is 0 Å². The van der Waals surface area contributed by atoms with Gasteiger partial charge in [0.2, 0.25) is 0 Å². The van der Waals surface area contributed by atoms with E-state index < -0.39 is 29.3 Å². The van der Waals surface area contributed by atoms with Crippen LogP contribution in [-0.4, -0.2) is 66.0 Å². The largest absolute Gasteiger partial charge is 0.507 e. The molecule has 8 heteroatoms. The van der Waals surface area contributed by atoms with Crippen LogP contribution in [-0.2, 0) is 9.59 Å². The van der Waals surface area contributed by atoms with Crippen molar-refractivity contribution in [1.82, 2.24) is 9.80 Å². The quantitative estimate of drug-likeness (QED) is 0.418. The summed E-state index contributed by atoms with van der Waals surface area (Å²) < 4.78 is 18.8. The molecule has 1 heterocycles. The number of rotatable bonds is 6. The standard InChI is InChI=1S/C23H25FN2O5/c1-13-11-15(5-7-16(13)24)21(28)19-20(14-6-8-18(31-4)17(27)12-14)26(10-9-25(2)3)23(30)22(19)29/h5-8,11-12,20,27-28H,9-10H2,1-4H3/b21-19-. The number of Topliss-reactive ketones (excluding diaryl/α,β-unsaturated/α-hetero) is 1. The summed E-state index contributed by atoms with van der Waals surface area (Å²) in [7, 11) is 5.09. The molecule has 2 aromatic carbocycles. The third-order valence-electron chi connectivity index (χ3n) is 5.28. The number of carbonyl (C=O) groups is 2. The first-order chi connectivity index (χ1) is 14.6. The smallest absolute Gasteiger partial charge is 0.295 e. The van der Waals surface area contributed by atoms with Crippen molar-refractivity contribution < 1.29 is 28.9 Å². The van der Waals surface area contributed by atoms with Crippen molar-refractivity contribution in [1.29, 1.82) is 0 Å². The molecule has 1 fully saturated rings. The maximum absolute atomic E-state index is 13.7. The Morgan fingerprint density at radius 1 is 1.19 bits per heavy atom. The molecule has 0 saturated carbocycles. The number of ketones is 1. The van der Waals surface area contributed by atoms with Crippen molar-refractivity contribution in [2.45, 2.75) is 13.0 Å². The Kier molecular flexibility index (Phi) is 6.31. The fourth-order valence-corrected chi connectivity index (χ4v) is 3.59. The topological polar surface area (TPSA) is 90.3 Å². The molecular weight excluding hydrogens is 403 g/mol. The summed E-state index contributed by atoms with van der Waals surface area (Å²) >= 11 is 0. The SMILES string of the molecule is COc1ccc(C2/C(=C(/O)c3ccc(F)c(C)c3)C(=O)C(=O)N2CCN(C)C)cc1O. The number of aliphatic hydroxyl groups is 1. The Balaban J connectivity index is 2.18. The molecule has 0 spiro atoms. The molecule has 1 atom stereocenters. The summed E-state index contributed by atoms with van der Waals surface area (Å²) in [5, 5.41) is 21.2. The van der Waals surface area contributed by atoms with E-state index in [1.54, 1.807) is 13.0 Å². The van der Waals surface area contributed by atoms with E-state index in [2.05, 4.69) is 0 Å². The molecule has 1 aliphatic rings. The fourth-order valence-electron chi connectivity index (χ4n) is 3.59. The van der Waals surface area contributed by atoms with Crippen molar-refractivity contribution in [3.63, 3.8) is 0 Å². The van der Waals surface area contributed by atoms with Crippen LogP contribution in [0.1, 0.15) is 22.7 Å². The summed E-state index contributed by atoms with van der Waals surface area (Å²) in [4.78, 5) is 29.0. The molecule has 31 heavy (non-hydrogen) atoms. The number of halogens is 1. The lowest BCUT2D eigenvalue weighted by atomic mass is 9.94. The van der Waals surface area contributed by atoms with Gasteiger partial charge in [-0.05, 0) is 62.5 Å². The van der Waals surface area contributed by atoms with Gasteiger partial charge in [-0.25, -0.2) is 4.39 Å². The van der Waals surface area contributed by atoms with Crippen molar-refractivity contribution in [3.8, 4) is 11.5 Å². The number of methoxy groups -OCH3 is 1. The molecule has 0 aliphatic carbocycles. The van der Waals surface area contributed by atoms with E-state index in [4.69, 9.17) is 4.74 Å². The minimum absolute atomic E-state index is 0.112. The van der Waals surface area contributed by atoms with Gasteiger partial charge in [0, 0.05) is 18.7 Å². The Morgan fingerprint density at radius 2 is 1.90 bits per heavy atom. The number of aryl methyl sites for hydroxylation is 1. The minimum Gasteiger partial charge on any atom is -0.507 e. The zero-order valence-electron chi connectivity index (χ0n) is 17.8. The van der Waals surface area contributed by atoms with Gasteiger partial charge in [0.05, 0.1) is 18.7 Å². The number of likely N-dealkylation sites (tertiary alicyclic amines) is 1. The Bertz CT molecular complexity index is 1060. The number of benzene rings is 2. The maximum atomic E-state index is 13.7. The van der Waals surface area contributed by atoms with Gasteiger partial charge < -0.3 is 24.7 Å². The molecule has 1 aliphatic heterocycles. The molecule has 1 unspecified atom stereocenters. The van der Waals surface area contributed by atoms with E-state index in [1.165, 1.54) is 42.3 Å². The van der Waals surface area contributed by atoms with Crippen LogP contribution in [0.2, 0.25) is 0 Å². The van der Waals surface area contributed by atoms with Gasteiger partial charge in [-0.2, -0.15) is 0 Å². The zero-order chi connectivity index (χ0) is 22.9. The van der Waals surface area contributed by atoms with Crippen molar-refractivity contribution >= 4 is 17.4 Å². The van der Waals surface area contributed by atoms with Gasteiger partial charge in [-0.15, -0.1) is 0 Å². The highest BCUT2D eigenvalue weighted by Crippen LogP contribution is 2.41. The van der Waals surface area contributed by atoms with E-state index in [-0.39, 0.29) is 29.2 Å². The zero-order valence-corrected chi connectivity index (χ0v) is 17.8. The van der Waals surface area contributed by atoms with E-state index in [0.717, 1.165) is 0 Å². The Morgan fingerprint density at radius 3 is 2.48 bits per heavy atom. The molecule has 1 saturated heterocycles. The molecule has 164 valence electrons. The second kappa shape index (κ2) is 8.77. The van der Waals surface area contributed by atoms with Crippen molar-refractivity contribution in [2.24, 2.45) is 0 Å². The molecule has 7 nitrogen and oxygen atoms in total. The monoisotopic (exact) mass is 428 g/mol. The van der Waals surface area contributed by atoms with Gasteiger partial charge in [0.25, 0.3) is 11.7 Å². The molecule has 3 rings (SSSR count). The molecule has 0 bridgehead atoms. The minimum atomic E-state index is -0.915. The first kappa shape index (κ1) is 22.3. The number of aromatic hydroxyl groups is 1. The number of aliphatic hydroxyl groups excluding tert-OH is 1. The number of nitrogens with zero attached hydrogens (tertiary/aromatic N) is 2. The van der Waals surface area contributed by atoms with Crippen LogP contribution in [0.15, 0.2) is 42.0 Å². The number of phenols is 1. The second-order valence-corrected chi connectivity index (χ2v) is 7.69. The average Bonchev–Trinajstić information content (AvgIpc) is 2.98. The number of carbonyl (C=O) groups excluding carboxylic acids is 2. The van der Waals surface area contributed by atoms with Gasteiger partial charge in [-0.3, -0.25) is 9.59 Å². The van der Waals surface area contributed by atoms with Gasteiger partial charge in [0.1, 0.15) is 11.6 Å². The number of ether oxygens (including phenoxy) is 1. The van der Waals surface area contributed by atoms with Crippen molar-refractivity contribution in [2.75, 3.05) is 34.3 Å². The summed E-state index contributed by atoms with van der Waals surface area (Å²) in [6.45, 7) is 2.26. The third kappa shape index (κ3) is 4.25. The molecule has 0 aromatic heterocycles. The lowest BCUT2D eigenvalue weighted by Crippen LogP contribution is -2.35. The molecule has 2 N–H and O–H groups in total. The van der Waals surface area contributed by atoms with E-state index in [9.17, 15) is 24.2 Å². The normalized spacial score (nSPS) is 18.1. The van der Waals surface area contributed by atoms with E-state index in [1.807, 2.05) is 19.0 Å². The van der Waals surface area contributed by atoms with E-state index in [0.29, 0.717) is 17.7 Å². The molecular formula is C23H25FN2O5. The number of hydrogen-bond donors (Lipinski definition) is 2. The Labute approximate surface area is 180 Å². The predicted octanol–water partition coefficient (Wildman–Crippen LogP) is 2.83. The first-order valence-corrected chi connectivity index (χ1v) is 9.72. The number of likely N-dealkylation sites (N-methyl/N-ethyl adjacent to an activating group) is 1. The van der Waals surface area contributed by atoms with Gasteiger partial charge >= 0.3 is 0 Å². The average molecular weight is 428 g/mol. The number of phenolic OH excluding ortho intramolecular Hbond substituents is 1. The third-order valence-corrected chi connectivity index (χ3v) is 5.28. The van der Waals surface area contributed by atoms with Crippen LogP contribution in [0, 0.1) is 12.7 Å². The summed E-state index contributed by atoms with van der Waals surface area (Å²) in [6.07, 6.45) is 0. The van der Waals surface area contributed by atoms with Crippen LogP contribution in [0.5, 0.6) is 11.5 Å². The summed E-state index contributed by atoms with van der Waals surface area (Å²) in [6, 6.07) is 7.61. The second-order valence-electron chi connectivity index (χ2n) is 7.69. The predicted molar refractivity (Wildman–Crippen MR) is 113 cm³/mol. The molecule has 2 aromatic rings. The summed E-state index contributed by atoms with van der Waals surface area (Å²) in [5.74, 6) is -2.34. The van der Waals surface area contributed by atoms with E-state index >= 15 is 0 Å². The summed E-state index contributed by atoms with van der Waals surface area (Å²) in [5.41, 5.74) is 0.854. The highest BCUT2D eigenvalue weighted by Gasteiger charge is 2.46. The highest BCUT2D eigenvalue weighted by molar-refractivity contribution is 6.46. The van der Waals surface area contributed by atoms with Crippen LogP contribution in [0.25, 0.3) is 5.76 Å². The number of hydrogen-bond acceptors (Lipinski definition) is 6. The highest BCUT2D eigenvalue weighted by atomic mass is 19.1. The molecule has 0 radical (unpaired) electrons. The lowest BCUT2D eigenvalue weighted by Gasteiger charge is -2.27. The number of amides is 1. The van der Waals surface area contributed by atoms with Gasteiger partial charge in [-0.1, -0.05) is 6.07 Å². The molecule has 1 amide bonds.